The number of anilines is 2. The second-order valence-corrected chi connectivity index (χ2v) is 8.53. The van der Waals surface area contributed by atoms with E-state index in [1.165, 1.54) is 0 Å². The molecule has 1 aliphatic heterocycles. The first-order valence-electron chi connectivity index (χ1n) is 11.4. The Hall–Kier alpha value is -3.82. The maximum atomic E-state index is 9.21. The highest BCUT2D eigenvalue weighted by Gasteiger charge is 2.22. The molecule has 9 heteroatoms. The number of aromatic nitrogens is 3. The molecule has 0 saturated carbocycles. The van der Waals surface area contributed by atoms with Crippen molar-refractivity contribution >= 4 is 28.1 Å². The van der Waals surface area contributed by atoms with Gasteiger partial charge in [0.2, 0.25) is 0 Å². The lowest BCUT2D eigenvalue weighted by molar-refractivity contribution is 0.0341. The fourth-order valence-electron chi connectivity index (χ4n) is 4.60. The Labute approximate surface area is 196 Å². The standard InChI is InChI=1S/C25H24N6O3/c32-30-21-4-1-17-11-18(2-3-19(17)21)29-23-20-5-6-26-14-22(20)34-24(23)25-27-12-16(13-28-25)15-31-7-9-33-10-8-31/h2-3,5-6,11-14,29,32H,1,4,7-10,15H2/b30-21+. The van der Waals surface area contributed by atoms with E-state index in [4.69, 9.17) is 9.15 Å². The summed E-state index contributed by atoms with van der Waals surface area (Å²) in [5.41, 5.74) is 6.31. The highest BCUT2D eigenvalue weighted by molar-refractivity contribution is 6.05. The molecule has 0 amide bonds. The van der Waals surface area contributed by atoms with Crippen molar-refractivity contribution in [2.75, 3.05) is 31.6 Å². The molecular weight excluding hydrogens is 432 g/mol. The van der Waals surface area contributed by atoms with E-state index < -0.39 is 0 Å². The van der Waals surface area contributed by atoms with Crippen LogP contribution >= 0.6 is 0 Å². The molecule has 3 aromatic heterocycles. The molecule has 4 heterocycles. The highest BCUT2D eigenvalue weighted by Crippen LogP contribution is 2.38. The molecule has 0 unspecified atom stereocenters. The molecule has 172 valence electrons. The van der Waals surface area contributed by atoms with Gasteiger partial charge in [-0.1, -0.05) is 11.2 Å². The van der Waals surface area contributed by atoms with Crippen molar-refractivity contribution in [3.63, 3.8) is 0 Å². The third-order valence-corrected chi connectivity index (χ3v) is 6.35. The van der Waals surface area contributed by atoms with Crippen molar-refractivity contribution < 1.29 is 14.4 Å². The van der Waals surface area contributed by atoms with E-state index in [1.54, 1.807) is 12.4 Å². The maximum Gasteiger partial charge on any atom is 0.197 e. The fourth-order valence-corrected chi connectivity index (χ4v) is 4.60. The van der Waals surface area contributed by atoms with E-state index in [9.17, 15) is 5.21 Å². The summed E-state index contributed by atoms with van der Waals surface area (Å²) in [6.45, 7) is 4.15. The van der Waals surface area contributed by atoms with Gasteiger partial charge in [-0.05, 0) is 36.6 Å². The molecule has 1 aromatic carbocycles. The first-order valence-corrected chi connectivity index (χ1v) is 11.4. The van der Waals surface area contributed by atoms with Gasteiger partial charge < -0.3 is 19.7 Å². The molecule has 6 rings (SSSR count). The minimum Gasteiger partial charge on any atom is -0.449 e. The number of rotatable bonds is 5. The van der Waals surface area contributed by atoms with Crippen LogP contribution in [0.5, 0.6) is 0 Å². The summed E-state index contributed by atoms with van der Waals surface area (Å²) in [6, 6.07) is 7.97. The first kappa shape index (κ1) is 20.8. The summed E-state index contributed by atoms with van der Waals surface area (Å²) >= 11 is 0. The number of benzene rings is 1. The summed E-state index contributed by atoms with van der Waals surface area (Å²) in [5, 5.41) is 17.1. The number of hydrogen-bond donors (Lipinski definition) is 2. The zero-order chi connectivity index (χ0) is 22.9. The van der Waals surface area contributed by atoms with Gasteiger partial charge in [0.15, 0.2) is 17.2 Å². The number of furan rings is 1. The maximum absolute atomic E-state index is 9.21. The number of pyridine rings is 1. The monoisotopic (exact) mass is 456 g/mol. The van der Waals surface area contributed by atoms with Gasteiger partial charge in [-0.2, -0.15) is 0 Å². The van der Waals surface area contributed by atoms with E-state index in [0.717, 1.165) is 84.9 Å². The molecule has 9 nitrogen and oxygen atoms in total. The van der Waals surface area contributed by atoms with Crippen LogP contribution in [-0.2, 0) is 17.7 Å². The van der Waals surface area contributed by atoms with E-state index in [-0.39, 0.29) is 0 Å². The minimum atomic E-state index is 0.514. The van der Waals surface area contributed by atoms with Crippen molar-refractivity contribution in [3.8, 4) is 11.6 Å². The van der Waals surface area contributed by atoms with Crippen molar-refractivity contribution in [3.05, 3.63) is 65.7 Å². The number of nitrogens with one attached hydrogen (secondary N) is 1. The summed E-state index contributed by atoms with van der Waals surface area (Å²) in [5.74, 6) is 1.08. The van der Waals surface area contributed by atoms with Crippen LogP contribution in [0, 0.1) is 0 Å². The first-order chi connectivity index (χ1) is 16.8. The molecule has 2 N–H and O–H groups in total. The largest absolute Gasteiger partial charge is 0.449 e. The SMILES string of the molecule is O/N=C1\CCc2cc(Nc3c(-c4ncc(CN5CCOCC5)cn4)oc4cnccc34)ccc21. The molecule has 1 aliphatic carbocycles. The lowest BCUT2D eigenvalue weighted by Crippen LogP contribution is -2.35. The zero-order valence-corrected chi connectivity index (χ0v) is 18.6. The molecule has 4 aromatic rings. The van der Waals surface area contributed by atoms with Crippen LogP contribution in [0.1, 0.15) is 23.1 Å². The van der Waals surface area contributed by atoms with Gasteiger partial charge in [0.05, 0.1) is 30.8 Å². The van der Waals surface area contributed by atoms with Crippen molar-refractivity contribution in [2.24, 2.45) is 5.16 Å². The third-order valence-electron chi connectivity index (χ3n) is 6.35. The van der Waals surface area contributed by atoms with Gasteiger partial charge in [0, 0.05) is 60.4 Å². The lowest BCUT2D eigenvalue weighted by atomic mass is 10.1. The molecule has 34 heavy (non-hydrogen) atoms. The van der Waals surface area contributed by atoms with Gasteiger partial charge in [-0.25, -0.2) is 9.97 Å². The number of hydrogen-bond acceptors (Lipinski definition) is 9. The van der Waals surface area contributed by atoms with E-state index in [0.29, 0.717) is 17.2 Å². The third kappa shape index (κ3) is 3.89. The van der Waals surface area contributed by atoms with Crippen LogP contribution in [0.15, 0.2) is 58.6 Å². The van der Waals surface area contributed by atoms with Crippen LogP contribution in [0.25, 0.3) is 22.6 Å². The van der Waals surface area contributed by atoms with Crippen molar-refractivity contribution in [1.29, 1.82) is 0 Å². The Morgan fingerprint density at radius 2 is 1.91 bits per heavy atom. The average Bonchev–Trinajstić information content (AvgIpc) is 3.46. The number of nitrogens with zero attached hydrogens (tertiary/aromatic N) is 5. The minimum absolute atomic E-state index is 0.514. The van der Waals surface area contributed by atoms with E-state index >= 15 is 0 Å². The van der Waals surface area contributed by atoms with Crippen LogP contribution < -0.4 is 5.32 Å². The van der Waals surface area contributed by atoms with Crippen LogP contribution in [0.3, 0.4) is 0 Å². The number of aryl methyl sites for hydroxylation is 1. The molecule has 0 atom stereocenters. The molecule has 1 fully saturated rings. The predicted octanol–water partition coefficient (Wildman–Crippen LogP) is 3.99. The molecule has 0 radical (unpaired) electrons. The molecular formula is C25H24N6O3. The van der Waals surface area contributed by atoms with E-state index in [2.05, 4.69) is 36.4 Å². The summed E-state index contributed by atoms with van der Waals surface area (Å²) < 4.78 is 11.6. The van der Waals surface area contributed by atoms with Gasteiger partial charge >= 0.3 is 0 Å². The lowest BCUT2D eigenvalue weighted by Gasteiger charge is -2.26. The van der Waals surface area contributed by atoms with Crippen LogP contribution in [0.2, 0.25) is 0 Å². The Kier molecular flexibility index (Phi) is 5.40. The summed E-state index contributed by atoms with van der Waals surface area (Å²) in [6.07, 6.45) is 8.75. The number of morpholine rings is 1. The normalized spacial score (nSPS) is 17.4. The zero-order valence-electron chi connectivity index (χ0n) is 18.6. The Bertz CT molecular complexity index is 1360. The second-order valence-electron chi connectivity index (χ2n) is 8.53. The van der Waals surface area contributed by atoms with Gasteiger partial charge in [0.1, 0.15) is 0 Å². The molecule has 2 aliphatic rings. The fraction of sp³-hybridized carbons (Fsp3) is 0.280. The predicted molar refractivity (Wildman–Crippen MR) is 128 cm³/mol. The Morgan fingerprint density at radius 3 is 2.74 bits per heavy atom. The topological polar surface area (TPSA) is 109 Å². The van der Waals surface area contributed by atoms with Gasteiger partial charge in [-0.3, -0.25) is 9.88 Å². The summed E-state index contributed by atoms with van der Waals surface area (Å²) in [7, 11) is 0. The second kappa shape index (κ2) is 8.85. The van der Waals surface area contributed by atoms with Gasteiger partial charge in [-0.15, -0.1) is 0 Å². The van der Waals surface area contributed by atoms with Crippen molar-refractivity contribution in [2.45, 2.75) is 19.4 Å². The number of fused-ring (bicyclic) bond motifs is 2. The van der Waals surface area contributed by atoms with Crippen LogP contribution in [-0.4, -0.2) is 57.1 Å². The van der Waals surface area contributed by atoms with E-state index in [1.807, 2.05) is 30.6 Å². The number of ether oxygens (including phenoxy) is 1. The molecule has 0 spiro atoms. The quantitative estimate of drug-likeness (QED) is 0.343. The Balaban J connectivity index is 1.32. The molecule has 0 bridgehead atoms. The average molecular weight is 457 g/mol. The highest BCUT2D eigenvalue weighted by atomic mass is 16.5. The smallest absolute Gasteiger partial charge is 0.197 e. The Morgan fingerprint density at radius 1 is 1.06 bits per heavy atom. The molecule has 1 saturated heterocycles. The number of oxime groups is 1. The van der Waals surface area contributed by atoms with Gasteiger partial charge in [0.25, 0.3) is 0 Å². The summed E-state index contributed by atoms with van der Waals surface area (Å²) in [4.78, 5) is 15.8. The van der Waals surface area contributed by atoms with Crippen LogP contribution in [0.4, 0.5) is 11.4 Å². The van der Waals surface area contributed by atoms with Crippen molar-refractivity contribution in [1.82, 2.24) is 19.9 Å².